The number of rotatable bonds is 7. The molecule has 0 radical (unpaired) electrons. The van der Waals surface area contributed by atoms with Gasteiger partial charge in [-0.25, -0.2) is 0 Å². The van der Waals surface area contributed by atoms with Crippen LogP contribution in [-0.2, 0) is 5.41 Å². The molecule has 0 bridgehead atoms. The van der Waals surface area contributed by atoms with Crippen LogP contribution in [-0.4, -0.2) is 39.2 Å². The van der Waals surface area contributed by atoms with Crippen molar-refractivity contribution >= 4 is 101 Å². The second-order valence-electron chi connectivity index (χ2n) is 17.0. The molecule has 0 N–H and O–H groups in total. The number of hydrogen-bond donors (Lipinski definition) is 0. The molecule has 2 nitrogen and oxygen atoms in total. The summed E-state index contributed by atoms with van der Waals surface area (Å²) in [6.07, 6.45) is 0. The fraction of sp³-hybridized carbons (Fsp3) is 0.0182. The zero-order valence-corrected chi connectivity index (χ0v) is 35.9. The number of para-hydroxylation sites is 3. The summed E-state index contributed by atoms with van der Waals surface area (Å²) in [6.45, 7) is 0. The Labute approximate surface area is 370 Å². The summed E-state index contributed by atoms with van der Waals surface area (Å²) in [5, 5.41) is 0. The molecule has 1 unspecified atom stereocenters. The molecule has 9 aromatic carbocycles. The Morgan fingerprint density at radius 1 is 0.290 bits per heavy atom. The molecule has 0 aliphatic heterocycles. The highest BCUT2D eigenvalue weighted by molar-refractivity contribution is 6.69. The van der Waals surface area contributed by atoms with Crippen molar-refractivity contribution in [3.8, 4) is 33.4 Å². The van der Waals surface area contributed by atoms with Gasteiger partial charge in [0.15, 0.2) is 0 Å². The van der Waals surface area contributed by atoms with Gasteiger partial charge in [0.25, 0.3) is 0 Å². The largest absolute Gasteiger partial charge is 0.312 e. The van der Waals surface area contributed by atoms with Gasteiger partial charge in [0.2, 0.25) is 0 Å². The van der Waals surface area contributed by atoms with E-state index < -0.39 is 5.41 Å². The van der Waals surface area contributed by atoms with Gasteiger partial charge in [-0.3, -0.25) is 0 Å². The summed E-state index contributed by atoms with van der Waals surface area (Å²) < 4.78 is 0. The van der Waals surface area contributed by atoms with E-state index in [4.69, 9.17) is 0 Å². The number of nitrogens with zero attached hydrogens (tertiary/aromatic N) is 2. The summed E-state index contributed by atoms with van der Waals surface area (Å²) in [7, 11) is 11.4. The summed E-state index contributed by atoms with van der Waals surface area (Å²) in [5.41, 5.74) is 25.8. The maximum Gasteiger partial charge on any atom is 0.141 e. The highest BCUT2D eigenvalue weighted by Crippen LogP contribution is 2.64. The van der Waals surface area contributed by atoms with Crippen molar-refractivity contribution in [1.29, 1.82) is 0 Å². The van der Waals surface area contributed by atoms with E-state index in [-0.39, 0.29) is 0 Å². The minimum Gasteiger partial charge on any atom is -0.312 e. The SMILES string of the molecule is Bc1c(B)c(B)c(N(c2ccccc2)c2ccc3c(c2)C2(c4ccccc4-c4ccc(N(c5ccccc5)c5ccccc5-c5ccccc5)cc42)c2ccccc2-3)c(B)c1B. The van der Waals surface area contributed by atoms with Crippen molar-refractivity contribution in [3.63, 3.8) is 0 Å². The van der Waals surface area contributed by atoms with Gasteiger partial charge in [-0.05, 0) is 105 Å². The zero-order valence-electron chi connectivity index (χ0n) is 35.9. The molecule has 0 amide bonds. The van der Waals surface area contributed by atoms with Gasteiger partial charge in [-0.15, -0.1) is 5.46 Å². The van der Waals surface area contributed by atoms with E-state index in [9.17, 15) is 0 Å². The lowest BCUT2D eigenvalue weighted by molar-refractivity contribution is 0.793. The Bertz CT molecular complexity index is 3170. The predicted molar refractivity (Wildman–Crippen MR) is 278 cm³/mol. The molecule has 288 valence electrons. The molecule has 2 aliphatic carbocycles. The van der Waals surface area contributed by atoms with Crippen LogP contribution in [0, 0.1) is 0 Å². The summed E-state index contributed by atoms with van der Waals surface area (Å²) in [6, 6.07) is 74.1. The van der Waals surface area contributed by atoms with Gasteiger partial charge in [0.05, 0.1) is 11.1 Å². The van der Waals surface area contributed by atoms with Crippen LogP contribution < -0.4 is 37.1 Å². The smallest absolute Gasteiger partial charge is 0.141 e. The molecule has 0 saturated carbocycles. The lowest BCUT2D eigenvalue weighted by Crippen LogP contribution is -2.56. The third-order valence-electron chi connectivity index (χ3n) is 14.0. The Balaban J connectivity index is 1.20. The van der Waals surface area contributed by atoms with Crippen LogP contribution in [0.25, 0.3) is 33.4 Å². The van der Waals surface area contributed by atoms with Crippen molar-refractivity contribution in [1.82, 2.24) is 0 Å². The van der Waals surface area contributed by atoms with E-state index in [2.05, 4.69) is 249 Å². The van der Waals surface area contributed by atoms with Gasteiger partial charge in [0, 0.05) is 34.0 Å². The van der Waals surface area contributed by atoms with E-state index >= 15 is 0 Å². The van der Waals surface area contributed by atoms with Gasteiger partial charge in [-0.2, -0.15) is 0 Å². The molecule has 7 heteroatoms. The fourth-order valence-corrected chi connectivity index (χ4v) is 10.7. The molecule has 2 aliphatic rings. The molecule has 0 aromatic heterocycles. The molecule has 1 atom stereocenters. The maximum atomic E-state index is 2.52. The molecule has 1 spiro atoms. The van der Waals surface area contributed by atoms with Crippen LogP contribution in [0.1, 0.15) is 22.3 Å². The molecule has 0 fully saturated rings. The lowest BCUT2D eigenvalue weighted by atomic mass is 9.61. The Hall–Kier alpha value is -7.10. The van der Waals surface area contributed by atoms with Crippen LogP contribution in [0.15, 0.2) is 200 Å². The predicted octanol–water partition coefficient (Wildman–Crippen LogP) is 5.93. The van der Waals surface area contributed by atoms with Crippen molar-refractivity contribution in [3.05, 3.63) is 222 Å². The second-order valence-corrected chi connectivity index (χ2v) is 17.0. The first-order valence-electron chi connectivity index (χ1n) is 21.8. The molecule has 11 rings (SSSR count). The van der Waals surface area contributed by atoms with Crippen LogP contribution in [0.4, 0.5) is 34.1 Å². The number of benzene rings is 9. The van der Waals surface area contributed by atoms with Gasteiger partial charge >= 0.3 is 0 Å². The third kappa shape index (κ3) is 5.57. The summed E-state index contributed by atoms with van der Waals surface area (Å²) in [4.78, 5) is 4.96. The summed E-state index contributed by atoms with van der Waals surface area (Å²) in [5.74, 6) is 0. The zero-order chi connectivity index (χ0) is 42.1. The van der Waals surface area contributed by atoms with Crippen molar-refractivity contribution in [2.45, 2.75) is 5.41 Å². The Kier molecular flexibility index (Phi) is 9.05. The van der Waals surface area contributed by atoms with E-state index in [0.717, 1.165) is 28.4 Å². The van der Waals surface area contributed by atoms with E-state index in [0.29, 0.717) is 0 Å². The fourth-order valence-electron chi connectivity index (χ4n) is 10.7. The van der Waals surface area contributed by atoms with Crippen molar-refractivity contribution in [2.75, 3.05) is 9.80 Å². The van der Waals surface area contributed by atoms with Gasteiger partial charge in [-0.1, -0.05) is 167 Å². The van der Waals surface area contributed by atoms with Gasteiger partial charge < -0.3 is 9.80 Å². The highest BCUT2D eigenvalue weighted by atomic mass is 15.2. The van der Waals surface area contributed by atoms with Crippen LogP contribution in [0.3, 0.4) is 0 Å². The molecule has 0 heterocycles. The normalized spacial score (nSPS) is 14.2. The minimum absolute atomic E-state index is 0.559. The number of anilines is 6. The lowest BCUT2D eigenvalue weighted by Gasteiger charge is -2.35. The van der Waals surface area contributed by atoms with Crippen molar-refractivity contribution in [2.24, 2.45) is 0 Å². The molecule has 0 saturated heterocycles. The second kappa shape index (κ2) is 14.8. The highest BCUT2D eigenvalue weighted by Gasteiger charge is 2.52. The Morgan fingerprint density at radius 2 is 0.677 bits per heavy atom. The molecular formula is C55H43B5N2. The first-order valence-corrected chi connectivity index (χ1v) is 21.8. The molecule has 9 aromatic rings. The van der Waals surface area contributed by atoms with Crippen LogP contribution in [0.2, 0.25) is 0 Å². The first kappa shape index (κ1) is 37.9. The molecule has 62 heavy (non-hydrogen) atoms. The van der Waals surface area contributed by atoms with Crippen LogP contribution in [0.5, 0.6) is 0 Å². The van der Waals surface area contributed by atoms with Crippen molar-refractivity contribution < 1.29 is 0 Å². The number of hydrogen-bond acceptors (Lipinski definition) is 2. The maximum absolute atomic E-state index is 2.52. The van der Waals surface area contributed by atoms with Crippen LogP contribution >= 0.6 is 0 Å². The van der Waals surface area contributed by atoms with E-state index in [1.54, 1.807) is 0 Å². The summed E-state index contributed by atoms with van der Waals surface area (Å²) >= 11 is 0. The molecular weight excluding hydrogens is 743 g/mol. The average molecular weight is 786 g/mol. The minimum atomic E-state index is -0.559. The standard InChI is InChI=1S/C55H43B5N2/c56-49-50(57)52(59)54(53(60)51(49)58)62(36-20-8-3-9-21-36)38-29-31-43-41-24-11-14-26-45(41)55(47(43)33-38)44-25-13-10-23-40(44)42-30-28-37(32-46(42)55)61(35-18-6-2-7-19-35)48-27-15-12-22-39(48)34-16-4-1-5-17-34/h1-33H,56-60H2. The number of fused-ring (bicyclic) bond motifs is 10. The van der Waals surface area contributed by atoms with E-state index in [1.165, 1.54) is 88.6 Å². The topological polar surface area (TPSA) is 6.48 Å². The van der Waals surface area contributed by atoms with Gasteiger partial charge in [0.1, 0.15) is 39.2 Å². The Morgan fingerprint density at radius 3 is 1.21 bits per heavy atom. The monoisotopic (exact) mass is 786 g/mol. The quantitative estimate of drug-likeness (QED) is 0.185. The average Bonchev–Trinajstić information content (AvgIpc) is 3.79. The van der Waals surface area contributed by atoms with E-state index in [1.807, 2.05) is 0 Å². The third-order valence-corrected chi connectivity index (χ3v) is 14.0. The first-order chi connectivity index (χ1) is 30.4.